The molecule has 8 nitrogen and oxygen atoms in total. The van der Waals surface area contributed by atoms with Crippen molar-refractivity contribution >= 4 is 22.0 Å². The van der Waals surface area contributed by atoms with Crippen molar-refractivity contribution in [3.8, 4) is 0 Å². The number of primary amides is 1. The fourth-order valence-electron chi connectivity index (χ4n) is 3.72. The summed E-state index contributed by atoms with van der Waals surface area (Å²) in [6.45, 7) is 4.50. The van der Waals surface area contributed by atoms with Crippen LogP contribution in [0.3, 0.4) is 0 Å². The topological polar surface area (TPSA) is 113 Å². The average Bonchev–Trinajstić information content (AvgIpc) is 2.75. The molecule has 0 aromatic heterocycles. The zero-order chi connectivity index (χ0) is 22.6. The van der Waals surface area contributed by atoms with E-state index < -0.39 is 22.1 Å². The van der Waals surface area contributed by atoms with E-state index in [2.05, 4.69) is 5.32 Å². The van der Waals surface area contributed by atoms with E-state index in [9.17, 15) is 18.0 Å². The SMILES string of the molecule is Cc1ccc(C)c(S(=O)(=O)N2CCN(C(=O)C(Cc3ccccc3)NC(N)=O)CC2)c1. The molecular formula is C22H28N4O4S. The van der Waals surface area contributed by atoms with Crippen molar-refractivity contribution in [2.75, 3.05) is 26.2 Å². The van der Waals surface area contributed by atoms with Crippen molar-refractivity contribution in [3.05, 3.63) is 65.2 Å². The number of hydrogen-bond donors (Lipinski definition) is 2. The number of carbonyl (C=O) groups is 2. The number of nitrogens with two attached hydrogens (primary N) is 1. The van der Waals surface area contributed by atoms with Gasteiger partial charge < -0.3 is 16.0 Å². The van der Waals surface area contributed by atoms with Crippen LogP contribution >= 0.6 is 0 Å². The van der Waals surface area contributed by atoms with Gasteiger partial charge in [0.05, 0.1) is 4.90 Å². The van der Waals surface area contributed by atoms with Gasteiger partial charge in [0.15, 0.2) is 0 Å². The number of benzene rings is 2. The summed E-state index contributed by atoms with van der Waals surface area (Å²) in [5, 5.41) is 2.52. The summed E-state index contributed by atoms with van der Waals surface area (Å²) in [7, 11) is -3.65. The number of urea groups is 1. The highest BCUT2D eigenvalue weighted by molar-refractivity contribution is 7.89. The monoisotopic (exact) mass is 444 g/mol. The van der Waals surface area contributed by atoms with Gasteiger partial charge in [-0.1, -0.05) is 42.5 Å². The molecule has 2 aromatic rings. The molecule has 1 atom stereocenters. The Balaban J connectivity index is 1.70. The van der Waals surface area contributed by atoms with Crippen molar-refractivity contribution < 1.29 is 18.0 Å². The van der Waals surface area contributed by atoms with Gasteiger partial charge >= 0.3 is 6.03 Å². The maximum Gasteiger partial charge on any atom is 0.312 e. The van der Waals surface area contributed by atoms with E-state index >= 15 is 0 Å². The quantitative estimate of drug-likeness (QED) is 0.701. The number of amides is 3. The highest BCUT2D eigenvalue weighted by Crippen LogP contribution is 2.22. The summed E-state index contributed by atoms with van der Waals surface area (Å²) >= 11 is 0. The van der Waals surface area contributed by atoms with E-state index in [1.807, 2.05) is 43.3 Å². The molecule has 0 radical (unpaired) electrons. The molecule has 3 N–H and O–H groups in total. The molecule has 1 saturated heterocycles. The fourth-order valence-corrected chi connectivity index (χ4v) is 5.45. The van der Waals surface area contributed by atoms with E-state index in [1.54, 1.807) is 24.0 Å². The normalized spacial score (nSPS) is 16.0. The molecule has 1 aliphatic rings. The zero-order valence-corrected chi connectivity index (χ0v) is 18.6. The van der Waals surface area contributed by atoms with Crippen LogP contribution in [0.2, 0.25) is 0 Å². The van der Waals surface area contributed by atoms with Gasteiger partial charge in [-0.2, -0.15) is 4.31 Å². The van der Waals surface area contributed by atoms with Gasteiger partial charge in [-0.15, -0.1) is 0 Å². The van der Waals surface area contributed by atoms with Crippen LogP contribution in [-0.4, -0.2) is 61.8 Å². The van der Waals surface area contributed by atoms with Crippen LogP contribution in [0.15, 0.2) is 53.4 Å². The third-order valence-corrected chi connectivity index (χ3v) is 7.45. The molecule has 0 saturated carbocycles. The Morgan fingerprint density at radius 1 is 1.03 bits per heavy atom. The average molecular weight is 445 g/mol. The first-order valence-corrected chi connectivity index (χ1v) is 11.6. The summed E-state index contributed by atoms with van der Waals surface area (Å²) in [6.07, 6.45) is 0.309. The molecular weight excluding hydrogens is 416 g/mol. The summed E-state index contributed by atoms with van der Waals surface area (Å²) in [5.41, 5.74) is 7.74. The number of carbonyl (C=O) groups excluding carboxylic acids is 2. The molecule has 0 bridgehead atoms. The van der Waals surface area contributed by atoms with Gasteiger partial charge in [0.25, 0.3) is 0 Å². The molecule has 0 spiro atoms. The molecule has 166 valence electrons. The smallest absolute Gasteiger partial charge is 0.312 e. The Kier molecular flexibility index (Phi) is 6.97. The van der Waals surface area contributed by atoms with E-state index in [4.69, 9.17) is 5.73 Å². The Hall–Kier alpha value is -2.91. The van der Waals surface area contributed by atoms with E-state index in [1.165, 1.54) is 4.31 Å². The van der Waals surface area contributed by atoms with Gasteiger partial charge in [-0.25, -0.2) is 13.2 Å². The van der Waals surface area contributed by atoms with Crippen LogP contribution in [0.25, 0.3) is 0 Å². The van der Waals surface area contributed by atoms with Crippen molar-refractivity contribution in [2.45, 2.75) is 31.2 Å². The molecule has 1 fully saturated rings. The highest BCUT2D eigenvalue weighted by atomic mass is 32.2. The fraction of sp³-hybridized carbons (Fsp3) is 0.364. The van der Waals surface area contributed by atoms with Crippen LogP contribution in [0.4, 0.5) is 4.79 Å². The molecule has 3 amide bonds. The van der Waals surface area contributed by atoms with Crippen LogP contribution < -0.4 is 11.1 Å². The minimum Gasteiger partial charge on any atom is -0.352 e. The van der Waals surface area contributed by atoms with Gasteiger partial charge in [0, 0.05) is 32.6 Å². The zero-order valence-electron chi connectivity index (χ0n) is 17.7. The first kappa shape index (κ1) is 22.8. The van der Waals surface area contributed by atoms with Gasteiger partial charge in [-0.3, -0.25) is 4.79 Å². The van der Waals surface area contributed by atoms with E-state index in [0.29, 0.717) is 16.9 Å². The summed E-state index contributed by atoms with van der Waals surface area (Å²) in [5.74, 6) is -0.272. The maximum atomic E-state index is 13.1. The summed E-state index contributed by atoms with van der Waals surface area (Å²) in [4.78, 5) is 26.4. The number of sulfonamides is 1. The number of rotatable bonds is 6. The third-order valence-electron chi connectivity index (χ3n) is 5.41. The minimum atomic E-state index is -3.65. The predicted octanol–water partition coefficient (Wildman–Crippen LogP) is 1.42. The van der Waals surface area contributed by atoms with Crippen LogP contribution in [-0.2, 0) is 21.2 Å². The lowest BCUT2D eigenvalue weighted by Gasteiger charge is -2.36. The number of nitrogens with zero attached hydrogens (tertiary/aromatic N) is 2. The first-order chi connectivity index (χ1) is 14.7. The molecule has 1 unspecified atom stereocenters. The largest absolute Gasteiger partial charge is 0.352 e. The Labute approximate surface area is 183 Å². The first-order valence-electron chi connectivity index (χ1n) is 10.1. The standard InChI is InChI=1S/C22H28N4O4S/c1-16-8-9-17(2)20(14-16)31(29,30)26-12-10-25(11-13-26)21(27)19(24-22(23)28)15-18-6-4-3-5-7-18/h3-9,14,19H,10-13,15H2,1-2H3,(H3,23,24,28). The van der Waals surface area contributed by atoms with Gasteiger partial charge in [0.2, 0.25) is 15.9 Å². The highest BCUT2D eigenvalue weighted by Gasteiger charge is 2.33. The molecule has 2 aromatic carbocycles. The lowest BCUT2D eigenvalue weighted by atomic mass is 10.0. The Morgan fingerprint density at radius 2 is 1.68 bits per heavy atom. The summed E-state index contributed by atoms with van der Waals surface area (Å²) < 4.78 is 27.6. The number of aryl methyl sites for hydroxylation is 2. The molecule has 3 rings (SSSR count). The molecule has 31 heavy (non-hydrogen) atoms. The number of nitrogens with one attached hydrogen (secondary N) is 1. The summed E-state index contributed by atoms with van der Waals surface area (Å²) in [6, 6.07) is 13.1. The molecule has 9 heteroatoms. The third kappa shape index (κ3) is 5.42. The van der Waals surface area contributed by atoms with Crippen molar-refractivity contribution in [3.63, 3.8) is 0 Å². The molecule has 1 aliphatic heterocycles. The lowest BCUT2D eigenvalue weighted by molar-refractivity contribution is -0.134. The van der Waals surface area contributed by atoms with Crippen molar-refractivity contribution in [1.29, 1.82) is 0 Å². The van der Waals surface area contributed by atoms with Crippen LogP contribution in [0.1, 0.15) is 16.7 Å². The van der Waals surface area contributed by atoms with Crippen LogP contribution in [0, 0.1) is 13.8 Å². The van der Waals surface area contributed by atoms with Crippen molar-refractivity contribution in [2.24, 2.45) is 5.73 Å². The lowest BCUT2D eigenvalue weighted by Crippen LogP contribution is -2.56. The van der Waals surface area contributed by atoms with Gasteiger partial charge in [-0.05, 0) is 36.6 Å². The maximum absolute atomic E-state index is 13.1. The molecule has 0 aliphatic carbocycles. The van der Waals surface area contributed by atoms with Gasteiger partial charge in [0.1, 0.15) is 6.04 Å². The minimum absolute atomic E-state index is 0.191. The number of piperazine rings is 1. The Morgan fingerprint density at radius 3 is 2.29 bits per heavy atom. The second-order valence-electron chi connectivity index (χ2n) is 7.75. The van der Waals surface area contributed by atoms with Crippen molar-refractivity contribution in [1.82, 2.24) is 14.5 Å². The number of hydrogen-bond acceptors (Lipinski definition) is 4. The second-order valence-corrected chi connectivity index (χ2v) is 9.66. The predicted molar refractivity (Wildman–Crippen MR) is 118 cm³/mol. The Bertz CT molecular complexity index is 1050. The molecule has 1 heterocycles. The second kappa shape index (κ2) is 9.49. The van der Waals surface area contributed by atoms with E-state index in [0.717, 1.165) is 11.1 Å². The van der Waals surface area contributed by atoms with Crippen LogP contribution in [0.5, 0.6) is 0 Å². The van der Waals surface area contributed by atoms with E-state index in [-0.39, 0.29) is 32.1 Å².